The van der Waals surface area contributed by atoms with Crippen LogP contribution in [0.15, 0.2) is 42.6 Å². The largest absolute Gasteiger partial charge is 0.409 e. The molecule has 0 bridgehead atoms. The summed E-state index contributed by atoms with van der Waals surface area (Å²) >= 11 is 0. The van der Waals surface area contributed by atoms with Crippen LogP contribution in [0.3, 0.4) is 0 Å². The quantitative estimate of drug-likeness (QED) is 0.819. The van der Waals surface area contributed by atoms with Crippen LogP contribution in [-0.2, 0) is 4.79 Å². The molecular formula is C14H14F3NO. The van der Waals surface area contributed by atoms with Crippen molar-refractivity contribution in [3.63, 3.8) is 0 Å². The fourth-order valence-corrected chi connectivity index (χ4v) is 2.22. The van der Waals surface area contributed by atoms with Gasteiger partial charge in [-0.1, -0.05) is 30.3 Å². The molecule has 0 radical (unpaired) electrons. The number of benzene rings is 1. The van der Waals surface area contributed by atoms with Gasteiger partial charge in [-0.05, 0) is 18.6 Å². The van der Waals surface area contributed by atoms with E-state index in [2.05, 4.69) is 0 Å². The Hall–Kier alpha value is -1.78. The zero-order valence-electron chi connectivity index (χ0n) is 10.4. The summed E-state index contributed by atoms with van der Waals surface area (Å²) in [5, 5.41) is 0. The van der Waals surface area contributed by atoms with Gasteiger partial charge in [0.15, 0.2) is 5.78 Å². The molecule has 0 spiro atoms. The molecule has 5 heteroatoms. The zero-order chi connectivity index (χ0) is 14.0. The Labute approximate surface area is 109 Å². The van der Waals surface area contributed by atoms with Crippen molar-refractivity contribution in [2.45, 2.75) is 31.6 Å². The SMILES string of the molecule is C[C@H](c1ccccc1)N1C=CC(=O)C[C@@H]1C(F)(F)F. The molecule has 2 rings (SSSR count). The zero-order valence-corrected chi connectivity index (χ0v) is 10.4. The predicted molar refractivity (Wildman–Crippen MR) is 65.3 cm³/mol. The summed E-state index contributed by atoms with van der Waals surface area (Å²) in [5.74, 6) is -0.487. The third-order valence-electron chi connectivity index (χ3n) is 3.29. The van der Waals surface area contributed by atoms with E-state index >= 15 is 0 Å². The molecule has 1 aromatic rings. The molecule has 19 heavy (non-hydrogen) atoms. The molecular weight excluding hydrogens is 255 g/mol. The van der Waals surface area contributed by atoms with Gasteiger partial charge in [0.05, 0.1) is 6.04 Å². The van der Waals surface area contributed by atoms with E-state index in [1.54, 1.807) is 31.2 Å². The second kappa shape index (κ2) is 5.07. The second-order valence-corrected chi connectivity index (χ2v) is 4.58. The van der Waals surface area contributed by atoms with Gasteiger partial charge in [0.2, 0.25) is 0 Å². The van der Waals surface area contributed by atoms with E-state index in [1.165, 1.54) is 17.2 Å². The minimum Gasteiger partial charge on any atom is -0.359 e. The Morgan fingerprint density at radius 2 is 1.89 bits per heavy atom. The van der Waals surface area contributed by atoms with Gasteiger partial charge in [0.25, 0.3) is 0 Å². The van der Waals surface area contributed by atoms with Gasteiger partial charge >= 0.3 is 6.18 Å². The van der Waals surface area contributed by atoms with Crippen LogP contribution in [0, 0.1) is 0 Å². The third kappa shape index (κ3) is 2.97. The van der Waals surface area contributed by atoms with Crippen LogP contribution in [0.4, 0.5) is 13.2 Å². The van der Waals surface area contributed by atoms with Crippen LogP contribution >= 0.6 is 0 Å². The van der Waals surface area contributed by atoms with Crippen LogP contribution in [0.1, 0.15) is 24.9 Å². The first kappa shape index (κ1) is 13.6. The number of ketones is 1. The molecule has 0 amide bonds. The predicted octanol–water partition coefficient (Wildman–Crippen LogP) is 3.47. The Bertz CT molecular complexity index is 481. The summed E-state index contributed by atoms with van der Waals surface area (Å²) in [7, 11) is 0. The number of nitrogens with zero attached hydrogens (tertiary/aromatic N) is 1. The van der Waals surface area contributed by atoms with Crippen molar-refractivity contribution in [1.29, 1.82) is 0 Å². The lowest BCUT2D eigenvalue weighted by molar-refractivity contribution is -0.186. The normalized spacial score (nSPS) is 21.6. The number of allylic oxidation sites excluding steroid dienone is 1. The molecule has 1 heterocycles. The van der Waals surface area contributed by atoms with Crippen LogP contribution in [0.2, 0.25) is 0 Å². The fourth-order valence-electron chi connectivity index (χ4n) is 2.22. The standard InChI is InChI=1S/C14H14F3NO/c1-10(11-5-3-2-4-6-11)18-8-7-12(19)9-13(18)14(15,16)17/h2-8,10,13H,9H2,1H3/t10-,13-/m1/s1. The molecule has 0 aliphatic carbocycles. The van der Waals surface area contributed by atoms with Gasteiger partial charge in [-0.15, -0.1) is 0 Å². The molecule has 0 fully saturated rings. The number of alkyl halides is 3. The highest BCUT2D eigenvalue weighted by Gasteiger charge is 2.46. The smallest absolute Gasteiger partial charge is 0.359 e. The van der Waals surface area contributed by atoms with Crippen molar-refractivity contribution in [3.8, 4) is 0 Å². The lowest BCUT2D eigenvalue weighted by atomic mass is 9.99. The van der Waals surface area contributed by atoms with E-state index in [1.807, 2.05) is 6.07 Å². The minimum atomic E-state index is -4.41. The van der Waals surface area contributed by atoms with E-state index in [-0.39, 0.29) is 0 Å². The number of carbonyl (C=O) groups excluding carboxylic acids is 1. The highest BCUT2D eigenvalue weighted by molar-refractivity contribution is 5.90. The summed E-state index contributed by atoms with van der Waals surface area (Å²) in [6.07, 6.45) is -2.47. The highest BCUT2D eigenvalue weighted by atomic mass is 19.4. The number of hydrogen-bond donors (Lipinski definition) is 0. The molecule has 1 aliphatic heterocycles. The molecule has 102 valence electrons. The topological polar surface area (TPSA) is 20.3 Å². The number of halogens is 3. The monoisotopic (exact) mass is 269 g/mol. The summed E-state index contributed by atoms with van der Waals surface area (Å²) in [4.78, 5) is 12.4. The molecule has 0 saturated carbocycles. The van der Waals surface area contributed by atoms with Gasteiger partial charge in [-0.25, -0.2) is 0 Å². The number of carbonyl (C=O) groups is 1. The second-order valence-electron chi connectivity index (χ2n) is 4.58. The van der Waals surface area contributed by atoms with Crippen molar-refractivity contribution in [2.24, 2.45) is 0 Å². The van der Waals surface area contributed by atoms with Gasteiger partial charge in [-0.3, -0.25) is 4.79 Å². The summed E-state index contributed by atoms with van der Waals surface area (Å²) in [6, 6.07) is 6.76. The van der Waals surface area contributed by atoms with Crippen molar-refractivity contribution in [2.75, 3.05) is 0 Å². The highest BCUT2D eigenvalue weighted by Crippen LogP contribution is 2.35. The fraction of sp³-hybridized carbons (Fsp3) is 0.357. The van der Waals surface area contributed by atoms with Crippen molar-refractivity contribution in [1.82, 2.24) is 4.90 Å². The molecule has 1 aromatic carbocycles. The Balaban J connectivity index is 2.30. The average molecular weight is 269 g/mol. The minimum absolute atomic E-state index is 0.433. The van der Waals surface area contributed by atoms with E-state index in [9.17, 15) is 18.0 Å². The maximum Gasteiger partial charge on any atom is 0.409 e. The van der Waals surface area contributed by atoms with E-state index in [0.29, 0.717) is 0 Å². The average Bonchev–Trinajstić information content (AvgIpc) is 2.38. The van der Waals surface area contributed by atoms with Crippen molar-refractivity contribution >= 4 is 5.78 Å². The first-order chi connectivity index (χ1) is 8.89. The maximum absolute atomic E-state index is 13.0. The lowest BCUT2D eigenvalue weighted by Crippen LogP contribution is -2.47. The van der Waals surface area contributed by atoms with Crippen LogP contribution < -0.4 is 0 Å². The molecule has 0 saturated heterocycles. The van der Waals surface area contributed by atoms with Crippen LogP contribution in [0.25, 0.3) is 0 Å². The Morgan fingerprint density at radius 3 is 2.47 bits per heavy atom. The van der Waals surface area contributed by atoms with E-state index in [0.717, 1.165) is 5.56 Å². The molecule has 2 nitrogen and oxygen atoms in total. The van der Waals surface area contributed by atoms with Crippen molar-refractivity contribution < 1.29 is 18.0 Å². The van der Waals surface area contributed by atoms with Crippen molar-refractivity contribution in [3.05, 3.63) is 48.2 Å². The molecule has 0 unspecified atom stereocenters. The summed E-state index contributed by atoms with van der Waals surface area (Å²) < 4.78 is 39.0. The number of rotatable bonds is 2. The molecule has 0 N–H and O–H groups in total. The molecule has 2 atom stereocenters. The summed E-state index contributed by atoms with van der Waals surface area (Å²) in [5.41, 5.74) is 0.788. The van der Waals surface area contributed by atoms with Gasteiger partial charge < -0.3 is 4.90 Å². The number of hydrogen-bond acceptors (Lipinski definition) is 2. The van der Waals surface area contributed by atoms with Gasteiger partial charge in [-0.2, -0.15) is 13.2 Å². The molecule has 1 aliphatic rings. The third-order valence-corrected chi connectivity index (χ3v) is 3.29. The van der Waals surface area contributed by atoms with Crippen LogP contribution in [0.5, 0.6) is 0 Å². The van der Waals surface area contributed by atoms with Crippen LogP contribution in [-0.4, -0.2) is 22.9 Å². The summed E-state index contributed by atoms with van der Waals surface area (Å²) in [6.45, 7) is 1.70. The van der Waals surface area contributed by atoms with Gasteiger partial charge in [0, 0.05) is 12.6 Å². The molecule has 0 aromatic heterocycles. The first-order valence-corrected chi connectivity index (χ1v) is 5.99. The van der Waals surface area contributed by atoms with E-state index in [4.69, 9.17) is 0 Å². The van der Waals surface area contributed by atoms with Gasteiger partial charge in [0.1, 0.15) is 6.04 Å². The Kier molecular flexibility index (Phi) is 3.64. The maximum atomic E-state index is 13.0. The lowest BCUT2D eigenvalue weighted by Gasteiger charge is -2.38. The van der Waals surface area contributed by atoms with E-state index < -0.39 is 30.5 Å². The first-order valence-electron chi connectivity index (χ1n) is 5.99. The Morgan fingerprint density at radius 1 is 1.26 bits per heavy atom.